The van der Waals surface area contributed by atoms with Crippen LogP contribution in [0.5, 0.6) is 0 Å². The van der Waals surface area contributed by atoms with Gasteiger partial charge in [-0.25, -0.2) is 0 Å². The van der Waals surface area contributed by atoms with E-state index in [9.17, 15) is 4.79 Å². The monoisotopic (exact) mass is 236 g/mol. The zero-order chi connectivity index (χ0) is 10.7. The summed E-state index contributed by atoms with van der Waals surface area (Å²) in [6.07, 6.45) is 0.790. The molecule has 0 aliphatic rings. The molecule has 84 valence electrons. The lowest BCUT2D eigenvalue weighted by atomic mass is 10.0. The first-order chi connectivity index (χ1) is 7.25. The summed E-state index contributed by atoms with van der Waals surface area (Å²) in [5.41, 5.74) is 1.08. The number of carboxylic acid groups (broad SMARTS) is 1. The van der Waals surface area contributed by atoms with Gasteiger partial charge < -0.3 is 5.11 Å². The molecule has 2 rings (SSSR count). The molecule has 0 saturated heterocycles. The molecule has 2 aromatic carbocycles. The standard InChI is InChI=1S/C13H12O2.ClH/c14-13(15)8-6-10-5-7-11-3-1-2-4-12(11)9-10;/h1-5,7,9H,6,8H2,(H,14,15);1H. The van der Waals surface area contributed by atoms with Crippen LogP contribution in [0.1, 0.15) is 12.0 Å². The Kier molecular flexibility index (Phi) is 4.32. The third-order valence-electron chi connectivity index (χ3n) is 2.44. The molecular weight excluding hydrogens is 224 g/mol. The van der Waals surface area contributed by atoms with Gasteiger partial charge in [-0.2, -0.15) is 0 Å². The van der Waals surface area contributed by atoms with Crippen LogP contribution in [0, 0.1) is 0 Å². The topological polar surface area (TPSA) is 37.3 Å². The number of carboxylic acids is 1. The van der Waals surface area contributed by atoms with Gasteiger partial charge in [-0.1, -0.05) is 42.5 Å². The van der Waals surface area contributed by atoms with Crippen molar-refractivity contribution in [2.24, 2.45) is 0 Å². The van der Waals surface area contributed by atoms with Crippen molar-refractivity contribution >= 4 is 29.1 Å². The first kappa shape index (κ1) is 12.5. The molecule has 0 saturated carbocycles. The van der Waals surface area contributed by atoms with Crippen molar-refractivity contribution in [1.29, 1.82) is 0 Å². The maximum absolute atomic E-state index is 10.4. The van der Waals surface area contributed by atoms with Crippen LogP contribution in [0.3, 0.4) is 0 Å². The summed E-state index contributed by atoms with van der Waals surface area (Å²) in [4.78, 5) is 10.4. The summed E-state index contributed by atoms with van der Waals surface area (Å²) in [5.74, 6) is -0.747. The van der Waals surface area contributed by atoms with Gasteiger partial charge in [0.15, 0.2) is 0 Å². The lowest BCUT2D eigenvalue weighted by Gasteiger charge is -2.01. The van der Waals surface area contributed by atoms with E-state index in [1.807, 2.05) is 30.3 Å². The Morgan fingerprint density at radius 1 is 1.06 bits per heavy atom. The van der Waals surface area contributed by atoms with E-state index < -0.39 is 5.97 Å². The van der Waals surface area contributed by atoms with Gasteiger partial charge in [-0.05, 0) is 22.8 Å². The van der Waals surface area contributed by atoms with E-state index in [1.165, 1.54) is 10.8 Å². The lowest BCUT2D eigenvalue weighted by molar-refractivity contribution is -0.136. The van der Waals surface area contributed by atoms with Gasteiger partial charge >= 0.3 is 5.97 Å². The van der Waals surface area contributed by atoms with Crippen molar-refractivity contribution in [3.8, 4) is 0 Å². The van der Waals surface area contributed by atoms with Gasteiger partial charge in [0.05, 0.1) is 0 Å². The van der Waals surface area contributed by atoms with Crippen molar-refractivity contribution in [3.05, 3.63) is 48.0 Å². The van der Waals surface area contributed by atoms with E-state index in [4.69, 9.17) is 5.11 Å². The molecule has 0 spiro atoms. The quantitative estimate of drug-likeness (QED) is 0.888. The molecule has 3 heteroatoms. The van der Waals surface area contributed by atoms with Gasteiger partial charge in [0, 0.05) is 6.42 Å². The average molecular weight is 237 g/mol. The van der Waals surface area contributed by atoms with Crippen LogP contribution >= 0.6 is 12.4 Å². The summed E-state index contributed by atoms with van der Waals surface area (Å²) < 4.78 is 0. The number of hydrogen-bond acceptors (Lipinski definition) is 1. The number of fused-ring (bicyclic) bond motifs is 1. The average Bonchev–Trinajstić information content (AvgIpc) is 2.26. The van der Waals surface area contributed by atoms with Crippen LogP contribution in [0.25, 0.3) is 10.8 Å². The number of aliphatic carboxylic acids is 1. The van der Waals surface area contributed by atoms with Crippen LogP contribution in [0.2, 0.25) is 0 Å². The fraction of sp³-hybridized carbons (Fsp3) is 0.154. The largest absolute Gasteiger partial charge is 0.481 e. The van der Waals surface area contributed by atoms with Crippen LogP contribution in [-0.2, 0) is 11.2 Å². The minimum absolute atomic E-state index is 0. The number of hydrogen-bond donors (Lipinski definition) is 1. The number of halogens is 1. The van der Waals surface area contributed by atoms with Gasteiger partial charge in [-0.3, -0.25) is 4.79 Å². The second-order valence-electron chi connectivity index (χ2n) is 3.58. The highest BCUT2D eigenvalue weighted by Crippen LogP contribution is 2.16. The Balaban J connectivity index is 0.00000128. The molecule has 16 heavy (non-hydrogen) atoms. The third kappa shape index (κ3) is 2.97. The summed E-state index contributed by atoms with van der Waals surface area (Å²) in [6.45, 7) is 0. The lowest BCUT2D eigenvalue weighted by Crippen LogP contribution is -1.97. The molecule has 0 aliphatic carbocycles. The minimum Gasteiger partial charge on any atom is -0.481 e. The highest BCUT2D eigenvalue weighted by Gasteiger charge is 1.99. The molecule has 1 N–H and O–H groups in total. The first-order valence-corrected chi connectivity index (χ1v) is 4.95. The Morgan fingerprint density at radius 3 is 2.44 bits per heavy atom. The molecule has 0 fully saturated rings. The van der Waals surface area contributed by atoms with E-state index in [0.717, 1.165) is 5.56 Å². The van der Waals surface area contributed by atoms with E-state index >= 15 is 0 Å². The molecule has 0 aliphatic heterocycles. The van der Waals surface area contributed by atoms with Crippen LogP contribution in [0.4, 0.5) is 0 Å². The van der Waals surface area contributed by atoms with Crippen LogP contribution in [-0.4, -0.2) is 11.1 Å². The molecule has 0 aromatic heterocycles. The summed E-state index contributed by atoms with van der Waals surface area (Å²) >= 11 is 0. The predicted octanol–water partition coefficient (Wildman–Crippen LogP) is 3.28. The van der Waals surface area contributed by atoms with Crippen molar-refractivity contribution in [2.45, 2.75) is 12.8 Å². The van der Waals surface area contributed by atoms with Crippen molar-refractivity contribution in [2.75, 3.05) is 0 Å². The van der Waals surface area contributed by atoms with E-state index in [1.54, 1.807) is 0 Å². The Labute approximate surface area is 100 Å². The normalized spacial score (nSPS) is 9.75. The maximum Gasteiger partial charge on any atom is 0.303 e. The van der Waals surface area contributed by atoms with E-state index in [0.29, 0.717) is 6.42 Å². The van der Waals surface area contributed by atoms with Crippen LogP contribution < -0.4 is 0 Å². The number of aryl methyl sites for hydroxylation is 1. The van der Waals surface area contributed by atoms with Gasteiger partial charge in [0.2, 0.25) is 0 Å². The van der Waals surface area contributed by atoms with Crippen molar-refractivity contribution in [1.82, 2.24) is 0 Å². The number of carbonyl (C=O) groups is 1. The molecule has 0 atom stereocenters. The Bertz CT molecular complexity index is 494. The fourth-order valence-corrected chi connectivity index (χ4v) is 1.65. The number of rotatable bonds is 3. The minimum atomic E-state index is -0.747. The molecule has 0 heterocycles. The zero-order valence-electron chi connectivity index (χ0n) is 8.72. The molecule has 0 amide bonds. The fourth-order valence-electron chi connectivity index (χ4n) is 1.65. The van der Waals surface area contributed by atoms with Gasteiger partial charge in [0.1, 0.15) is 0 Å². The molecule has 2 aromatic rings. The van der Waals surface area contributed by atoms with Crippen molar-refractivity contribution in [3.63, 3.8) is 0 Å². The Hall–Kier alpha value is -1.54. The smallest absolute Gasteiger partial charge is 0.303 e. The third-order valence-corrected chi connectivity index (χ3v) is 2.44. The second-order valence-corrected chi connectivity index (χ2v) is 3.58. The highest BCUT2D eigenvalue weighted by atomic mass is 35.5. The van der Waals surface area contributed by atoms with Gasteiger partial charge in [-0.15, -0.1) is 12.4 Å². The second kappa shape index (κ2) is 5.52. The highest BCUT2D eigenvalue weighted by molar-refractivity contribution is 5.85. The Morgan fingerprint density at radius 2 is 1.75 bits per heavy atom. The van der Waals surface area contributed by atoms with Crippen LogP contribution in [0.15, 0.2) is 42.5 Å². The summed E-state index contributed by atoms with van der Waals surface area (Å²) in [6, 6.07) is 14.2. The van der Waals surface area contributed by atoms with Crippen molar-refractivity contribution < 1.29 is 9.90 Å². The summed E-state index contributed by atoms with van der Waals surface area (Å²) in [5, 5.41) is 10.9. The molecule has 0 radical (unpaired) electrons. The molecule has 0 unspecified atom stereocenters. The zero-order valence-corrected chi connectivity index (χ0v) is 9.54. The van der Waals surface area contributed by atoms with E-state index in [2.05, 4.69) is 12.1 Å². The molecular formula is C13H13ClO2. The maximum atomic E-state index is 10.4. The SMILES string of the molecule is Cl.O=C(O)CCc1ccc2ccccc2c1. The van der Waals surface area contributed by atoms with Gasteiger partial charge in [0.25, 0.3) is 0 Å². The summed E-state index contributed by atoms with van der Waals surface area (Å²) in [7, 11) is 0. The first-order valence-electron chi connectivity index (χ1n) is 4.95. The predicted molar refractivity (Wildman–Crippen MR) is 67.2 cm³/mol. The van der Waals surface area contributed by atoms with E-state index in [-0.39, 0.29) is 18.8 Å². The number of benzene rings is 2. The molecule has 2 nitrogen and oxygen atoms in total. The molecule has 0 bridgehead atoms.